The normalized spacial score (nSPS) is 29.2. The molecule has 0 aromatic heterocycles. The molecular formula is C8H15ClO2. The van der Waals surface area contributed by atoms with Crippen molar-refractivity contribution in [3.8, 4) is 0 Å². The quantitative estimate of drug-likeness (QED) is 0.573. The smallest absolute Gasteiger partial charge is 0.172 e. The Hall–Kier alpha value is 0.210. The molecule has 66 valence electrons. The van der Waals surface area contributed by atoms with Crippen molar-refractivity contribution in [3.63, 3.8) is 0 Å². The number of alkyl halides is 1. The summed E-state index contributed by atoms with van der Waals surface area (Å²) < 4.78 is 11.1. The second-order valence-corrected chi connectivity index (χ2v) is 4.15. The van der Waals surface area contributed by atoms with Crippen molar-refractivity contribution in [1.82, 2.24) is 0 Å². The second kappa shape index (κ2) is 2.61. The third kappa shape index (κ3) is 1.53. The Balaban J connectivity index is 2.72. The van der Waals surface area contributed by atoms with Gasteiger partial charge in [0.1, 0.15) is 0 Å². The van der Waals surface area contributed by atoms with E-state index in [0.717, 1.165) is 0 Å². The Kier molecular flexibility index (Phi) is 2.21. The third-order valence-electron chi connectivity index (χ3n) is 2.43. The van der Waals surface area contributed by atoms with E-state index in [-0.39, 0.29) is 17.5 Å². The topological polar surface area (TPSA) is 18.5 Å². The molecule has 0 N–H and O–H groups in total. The maximum Gasteiger partial charge on any atom is 0.172 e. The molecule has 0 spiro atoms. The molecule has 1 aliphatic heterocycles. The summed E-state index contributed by atoms with van der Waals surface area (Å²) in [4.78, 5) is 0. The Labute approximate surface area is 72.8 Å². The van der Waals surface area contributed by atoms with Crippen LogP contribution in [0.4, 0.5) is 0 Å². The van der Waals surface area contributed by atoms with Gasteiger partial charge in [-0.05, 0) is 27.7 Å². The fourth-order valence-electron chi connectivity index (χ4n) is 1.03. The van der Waals surface area contributed by atoms with E-state index in [1.165, 1.54) is 0 Å². The van der Waals surface area contributed by atoms with Crippen LogP contribution in [0.2, 0.25) is 0 Å². The minimum atomic E-state index is -0.248. The van der Waals surface area contributed by atoms with Crippen molar-refractivity contribution in [2.24, 2.45) is 0 Å². The van der Waals surface area contributed by atoms with Gasteiger partial charge >= 0.3 is 0 Å². The summed E-state index contributed by atoms with van der Waals surface area (Å²) in [5, 5.41) is 0. The molecule has 0 aliphatic carbocycles. The first-order chi connectivity index (χ1) is 4.89. The van der Waals surface area contributed by atoms with Crippen molar-refractivity contribution >= 4 is 11.6 Å². The SMILES string of the molecule is CC1(C)OC(CCl)OC1(C)C. The van der Waals surface area contributed by atoms with Gasteiger partial charge < -0.3 is 9.47 Å². The van der Waals surface area contributed by atoms with Crippen LogP contribution < -0.4 is 0 Å². The van der Waals surface area contributed by atoms with E-state index in [9.17, 15) is 0 Å². The van der Waals surface area contributed by atoms with E-state index in [4.69, 9.17) is 21.1 Å². The van der Waals surface area contributed by atoms with Crippen molar-refractivity contribution in [2.45, 2.75) is 45.2 Å². The summed E-state index contributed by atoms with van der Waals surface area (Å²) in [6, 6.07) is 0. The highest BCUT2D eigenvalue weighted by Gasteiger charge is 2.48. The van der Waals surface area contributed by atoms with E-state index in [0.29, 0.717) is 5.88 Å². The molecule has 1 fully saturated rings. The standard InChI is InChI=1S/C8H15ClO2/c1-7(2)8(3,4)11-6(5-9)10-7/h6H,5H2,1-4H3. The zero-order valence-corrected chi connectivity index (χ0v) is 8.23. The molecule has 0 radical (unpaired) electrons. The number of rotatable bonds is 1. The molecule has 1 heterocycles. The van der Waals surface area contributed by atoms with Gasteiger partial charge in [-0.3, -0.25) is 0 Å². The molecule has 0 aromatic rings. The Morgan fingerprint density at radius 2 is 1.45 bits per heavy atom. The monoisotopic (exact) mass is 178 g/mol. The molecule has 11 heavy (non-hydrogen) atoms. The Morgan fingerprint density at radius 3 is 1.64 bits per heavy atom. The molecule has 0 amide bonds. The van der Waals surface area contributed by atoms with Crippen LogP contribution in [-0.2, 0) is 9.47 Å². The molecule has 1 saturated heterocycles. The third-order valence-corrected chi connectivity index (χ3v) is 2.68. The van der Waals surface area contributed by atoms with Gasteiger partial charge in [-0.1, -0.05) is 0 Å². The number of ether oxygens (including phenoxy) is 2. The summed E-state index contributed by atoms with van der Waals surface area (Å²) >= 11 is 5.61. The predicted molar refractivity (Wildman–Crippen MR) is 44.8 cm³/mol. The maximum absolute atomic E-state index is 5.61. The molecule has 0 atom stereocenters. The van der Waals surface area contributed by atoms with Crippen LogP contribution in [0.15, 0.2) is 0 Å². The first-order valence-electron chi connectivity index (χ1n) is 3.81. The van der Waals surface area contributed by atoms with E-state index in [1.54, 1.807) is 0 Å². The lowest BCUT2D eigenvalue weighted by molar-refractivity contribution is -0.0692. The van der Waals surface area contributed by atoms with E-state index >= 15 is 0 Å². The van der Waals surface area contributed by atoms with Crippen molar-refractivity contribution in [2.75, 3.05) is 5.88 Å². The van der Waals surface area contributed by atoms with Gasteiger partial charge in [0.25, 0.3) is 0 Å². The van der Waals surface area contributed by atoms with Gasteiger partial charge in [-0.15, -0.1) is 11.6 Å². The largest absolute Gasteiger partial charge is 0.343 e. The van der Waals surface area contributed by atoms with E-state index in [2.05, 4.69) is 0 Å². The van der Waals surface area contributed by atoms with Crippen LogP contribution in [0.1, 0.15) is 27.7 Å². The first-order valence-corrected chi connectivity index (χ1v) is 4.34. The Morgan fingerprint density at radius 1 is 1.09 bits per heavy atom. The second-order valence-electron chi connectivity index (χ2n) is 3.84. The molecule has 0 aromatic carbocycles. The van der Waals surface area contributed by atoms with Crippen molar-refractivity contribution in [1.29, 1.82) is 0 Å². The molecule has 0 bridgehead atoms. The first kappa shape index (κ1) is 9.30. The van der Waals surface area contributed by atoms with Gasteiger partial charge in [0, 0.05) is 0 Å². The molecular weight excluding hydrogens is 164 g/mol. The van der Waals surface area contributed by atoms with Gasteiger partial charge in [0.2, 0.25) is 0 Å². The highest BCUT2D eigenvalue weighted by atomic mass is 35.5. The average Bonchev–Trinajstić information content (AvgIpc) is 2.03. The molecule has 1 rings (SSSR count). The van der Waals surface area contributed by atoms with Crippen LogP contribution in [0.3, 0.4) is 0 Å². The molecule has 0 saturated carbocycles. The van der Waals surface area contributed by atoms with E-state index in [1.807, 2.05) is 27.7 Å². The van der Waals surface area contributed by atoms with Crippen molar-refractivity contribution < 1.29 is 9.47 Å². The van der Waals surface area contributed by atoms with Gasteiger partial charge in [0.05, 0.1) is 17.1 Å². The van der Waals surface area contributed by atoms with Gasteiger partial charge in [-0.25, -0.2) is 0 Å². The van der Waals surface area contributed by atoms with Crippen LogP contribution in [0, 0.1) is 0 Å². The zero-order valence-electron chi connectivity index (χ0n) is 7.48. The van der Waals surface area contributed by atoms with Crippen LogP contribution >= 0.6 is 11.6 Å². The number of halogens is 1. The molecule has 1 aliphatic rings. The Bertz CT molecular complexity index is 138. The van der Waals surface area contributed by atoms with E-state index < -0.39 is 0 Å². The average molecular weight is 179 g/mol. The summed E-state index contributed by atoms with van der Waals surface area (Å²) in [7, 11) is 0. The van der Waals surface area contributed by atoms with Crippen LogP contribution in [-0.4, -0.2) is 23.4 Å². The number of hydrogen-bond donors (Lipinski definition) is 0. The fraction of sp³-hybridized carbons (Fsp3) is 1.00. The number of hydrogen-bond acceptors (Lipinski definition) is 2. The van der Waals surface area contributed by atoms with Crippen molar-refractivity contribution in [3.05, 3.63) is 0 Å². The highest BCUT2D eigenvalue weighted by Crippen LogP contribution is 2.38. The minimum Gasteiger partial charge on any atom is -0.343 e. The predicted octanol–water partition coefficient (Wildman–Crippen LogP) is 2.16. The van der Waals surface area contributed by atoms with Gasteiger partial charge in [-0.2, -0.15) is 0 Å². The van der Waals surface area contributed by atoms with Crippen LogP contribution in [0.5, 0.6) is 0 Å². The fourth-order valence-corrected chi connectivity index (χ4v) is 1.15. The summed E-state index contributed by atoms with van der Waals surface area (Å²) in [6.45, 7) is 8.05. The lowest BCUT2D eigenvalue weighted by Crippen LogP contribution is -2.41. The molecule has 2 nitrogen and oxygen atoms in total. The zero-order chi connectivity index (χ0) is 8.70. The maximum atomic E-state index is 5.61. The lowest BCUT2D eigenvalue weighted by Gasteiger charge is -2.30. The minimum absolute atomic E-state index is 0.243. The van der Waals surface area contributed by atoms with Gasteiger partial charge in [0.15, 0.2) is 6.29 Å². The molecule has 0 unspecified atom stereocenters. The van der Waals surface area contributed by atoms with Crippen LogP contribution in [0.25, 0.3) is 0 Å². The molecule has 3 heteroatoms. The highest BCUT2D eigenvalue weighted by molar-refractivity contribution is 6.18. The lowest BCUT2D eigenvalue weighted by atomic mass is 9.90. The summed E-state index contributed by atoms with van der Waals surface area (Å²) in [6.07, 6.45) is -0.248. The summed E-state index contributed by atoms with van der Waals surface area (Å²) in [5.41, 5.74) is -0.487. The summed E-state index contributed by atoms with van der Waals surface area (Å²) in [5.74, 6) is 0.396.